The molecule has 3 saturated carbocycles. The lowest BCUT2D eigenvalue weighted by molar-refractivity contribution is -0.240. The lowest BCUT2D eigenvalue weighted by Crippen LogP contribution is -2.71. The number of unbranched alkanes of at least 4 members (excludes halogenated alkanes) is 2. The smallest absolute Gasteiger partial charge is 0.344 e. The third-order valence-electron chi connectivity index (χ3n) is 8.86. The van der Waals surface area contributed by atoms with Crippen LogP contribution in [-0.2, 0) is 19.1 Å². The maximum atomic E-state index is 13.1. The van der Waals surface area contributed by atoms with Gasteiger partial charge in [0.2, 0.25) is 5.78 Å². The van der Waals surface area contributed by atoms with Crippen LogP contribution in [0.15, 0.2) is 28.1 Å². The summed E-state index contributed by atoms with van der Waals surface area (Å²) in [5.74, 6) is -1.66. The minimum atomic E-state index is -1.16. The number of nitrogens with two attached hydrogens (primary N) is 1. The molecule has 0 aliphatic heterocycles. The van der Waals surface area contributed by atoms with Gasteiger partial charge in [-0.25, -0.2) is 4.79 Å². The number of Topliss-reactive ketones (excluding diaryl/α,β-unsaturated/α-hetero) is 1. The maximum absolute atomic E-state index is 13.1. The third-order valence-corrected chi connectivity index (χ3v) is 8.86. The molecule has 4 atom stereocenters. The molecule has 7 heteroatoms. The predicted molar refractivity (Wildman–Crippen MR) is 110 cm³/mol. The van der Waals surface area contributed by atoms with Crippen LogP contribution in [-0.4, -0.2) is 23.3 Å². The molecule has 4 rings (SSSR count). The maximum Gasteiger partial charge on any atom is 0.344 e. The average molecular weight is 415 g/mol. The lowest BCUT2D eigenvalue weighted by Gasteiger charge is -2.61. The van der Waals surface area contributed by atoms with Gasteiger partial charge in [-0.1, -0.05) is 40.5 Å². The zero-order valence-electron chi connectivity index (χ0n) is 18.2. The first-order chi connectivity index (χ1) is 14.0. The molecule has 0 aromatic rings. The quantitative estimate of drug-likeness (QED) is 0.170. The molecule has 0 radical (unpaired) electrons. The molecule has 0 aromatic carbocycles. The first-order valence-electron chi connectivity index (χ1n) is 10.9. The largest absolute Gasteiger partial charge is 0.440 e. The predicted octanol–water partition coefficient (Wildman–Crippen LogP) is 3.71. The summed E-state index contributed by atoms with van der Waals surface area (Å²) in [6, 6.07) is 0. The SMILES string of the molecule is CCCCCC1=C(C(=O)OC2(N)CC34C(CCC23C)C4(C)C)C(=O)C=C(N=O)C1=O. The van der Waals surface area contributed by atoms with Crippen molar-refractivity contribution in [3.8, 4) is 0 Å². The zero-order chi connectivity index (χ0) is 22.1. The highest BCUT2D eigenvalue weighted by atomic mass is 16.6. The van der Waals surface area contributed by atoms with Gasteiger partial charge in [-0.2, -0.15) is 0 Å². The van der Waals surface area contributed by atoms with Crippen LogP contribution in [0, 0.1) is 27.1 Å². The van der Waals surface area contributed by atoms with Crippen LogP contribution in [0.4, 0.5) is 0 Å². The van der Waals surface area contributed by atoms with E-state index in [1.54, 1.807) is 0 Å². The van der Waals surface area contributed by atoms with Gasteiger partial charge in [0.05, 0.1) is 0 Å². The molecular weight excluding hydrogens is 384 g/mol. The molecule has 7 nitrogen and oxygen atoms in total. The molecule has 0 aromatic heterocycles. The van der Waals surface area contributed by atoms with Gasteiger partial charge in [-0.05, 0) is 47.6 Å². The summed E-state index contributed by atoms with van der Waals surface area (Å²) in [6.45, 7) is 8.58. The third kappa shape index (κ3) is 2.33. The number of ether oxygens (including phenoxy) is 1. The Labute approximate surface area is 176 Å². The van der Waals surface area contributed by atoms with Gasteiger partial charge in [-0.15, -0.1) is 4.91 Å². The fraction of sp³-hybridized carbons (Fsp3) is 0.696. The molecule has 2 N–H and O–H groups in total. The van der Waals surface area contributed by atoms with Gasteiger partial charge >= 0.3 is 5.97 Å². The second-order valence-corrected chi connectivity index (χ2v) is 10.2. The molecule has 0 amide bonds. The van der Waals surface area contributed by atoms with E-state index in [1.807, 2.05) is 6.92 Å². The zero-order valence-corrected chi connectivity index (χ0v) is 18.2. The first kappa shape index (κ1) is 21.1. The van der Waals surface area contributed by atoms with Gasteiger partial charge < -0.3 is 4.74 Å². The Morgan fingerprint density at radius 1 is 1.27 bits per heavy atom. The summed E-state index contributed by atoms with van der Waals surface area (Å²) >= 11 is 0. The van der Waals surface area contributed by atoms with E-state index in [-0.39, 0.29) is 33.8 Å². The van der Waals surface area contributed by atoms with Crippen molar-refractivity contribution in [3.63, 3.8) is 0 Å². The van der Waals surface area contributed by atoms with E-state index in [2.05, 4.69) is 25.9 Å². The van der Waals surface area contributed by atoms with Crippen molar-refractivity contribution in [2.24, 2.45) is 33.1 Å². The number of hydrogen-bond acceptors (Lipinski definition) is 7. The van der Waals surface area contributed by atoms with Crippen molar-refractivity contribution < 1.29 is 19.1 Å². The summed E-state index contributed by atoms with van der Waals surface area (Å²) in [7, 11) is 0. The minimum Gasteiger partial charge on any atom is -0.440 e. The number of rotatable bonds is 7. The van der Waals surface area contributed by atoms with Crippen molar-refractivity contribution in [1.82, 2.24) is 0 Å². The van der Waals surface area contributed by atoms with Crippen LogP contribution in [0.1, 0.15) is 72.6 Å². The highest BCUT2D eigenvalue weighted by Gasteiger charge is 2.91. The van der Waals surface area contributed by atoms with E-state index in [1.165, 1.54) is 0 Å². The monoisotopic (exact) mass is 414 g/mol. The summed E-state index contributed by atoms with van der Waals surface area (Å²) in [5.41, 5.74) is 4.63. The van der Waals surface area contributed by atoms with Crippen LogP contribution in [0.25, 0.3) is 0 Å². The molecule has 0 saturated heterocycles. The van der Waals surface area contributed by atoms with Crippen molar-refractivity contribution in [2.75, 3.05) is 0 Å². The molecule has 4 aliphatic rings. The Morgan fingerprint density at radius 2 is 1.97 bits per heavy atom. The normalized spacial score (nSPS) is 38.4. The Morgan fingerprint density at radius 3 is 2.57 bits per heavy atom. The van der Waals surface area contributed by atoms with Crippen LogP contribution in [0.3, 0.4) is 0 Å². The summed E-state index contributed by atoms with van der Waals surface area (Å²) in [6.07, 6.45) is 5.92. The second-order valence-electron chi connectivity index (χ2n) is 10.2. The van der Waals surface area contributed by atoms with Gasteiger partial charge in [0.1, 0.15) is 5.57 Å². The fourth-order valence-corrected chi connectivity index (χ4v) is 7.09. The number of hydrogen-bond donors (Lipinski definition) is 1. The van der Waals surface area contributed by atoms with Crippen LogP contribution in [0.5, 0.6) is 0 Å². The van der Waals surface area contributed by atoms with Crippen molar-refractivity contribution >= 4 is 17.5 Å². The van der Waals surface area contributed by atoms with Crippen LogP contribution >= 0.6 is 0 Å². The molecule has 4 unspecified atom stereocenters. The van der Waals surface area contributed by atoms with Crippen molar-refractivity contribution in [3.05, 3.63) is 27.8 Å². The summed E-state index contributed by atoms with van der Waals surface area (Å²) < 4.78 is 5.81. The second kappa shape index (κ2) is 6.42. The number of nitroso groups, excluding NO2 is 1. The van der Waals surface area contributed by atoms with Crippen LogP contribution in [0.2, 0.25) is 0 Å². The average Bonchev–Trinajstić information content (AvgIpc) is 3.02. The van der Waals surface area contributed by atoms with Gasteiger partial charge in [0.25, 0.3) is 0 Å². The van der Waals surface area contributed by atoms with E-state index in [0.29, 0.717) is 18.8 Å². The molecule has 162 valence electrons. The van der Waals surface area contributed by atoms with Crippen molar-refractivity contribution in [2.45, 2.75) is 78.4 Å². The fourth-order valence-electron chi connectivity index (χ4n) is 7.09. The highest BCUT2D eigenvalue weighted by Crippen LogP contribution is 2.92. The number of esters is 1. The van der Waals surface area contributed by atoms with E-state index in [4.69, 9.17) is 10.5 Å². The topological polar surface area (TPSA) is 116 Å². The standard InChI is InChI=1S/C23H30N2O5/c1-5-6-7-8-13-17(15(26)11-14(25-29)18(13)27)19(28)30-23(24)12-22-16(20(22,2)3)9-10-21(22,23)4/h11,16H,5-10,12,24H2,1-4H3. The van der Waals surface area contributed by atoms with E-state index >= 15 is 0 Å². The van der Waals surface area contributed by atoms with Gasteiger partial charge in [0.15, 0.2) is 17.2 Å². The molecule has 0 heterocycles. The Balaban J connectivity index is 1.61. The number of carbonyl (C=O) groups excluding carboxylic acids is 3. The van der Waals surface area contributed by atoms with Gasteiger partial charge in [-0.3, -0.25) is 15.3 Å². The number of nitrogens with zero attached hydrogens (tertiary/aromatic N) is 1. The lowest BCUT2D eigenvalue weighted by atomic mass is 9.50. The van der Waals surface area contributed by atoms with Crippen molar-refractivity contribution in [1.29, 1.82) is 0 Å². The molecule has 4 aliphatic carbocycles. The van der Waals surface area contributed by atoms with E-state index in [9.17, 15) is 19.3 Å². The van der Waals surface area contributed by atoms with E-state index in [0.717, 1.165) is 31.8 Å². The molecule has 0 bridgehead atoms. The highest BCUT2D eigenvalue weighted by molar-refractivity contribution is 6.32. The molecule has 1 spiro atoms. The first-order valence-corrected chi connectivity index (χ1v) is 10.9. The Bertz CT molecular complexity index is 932. The number of ketones is 2. The molecule has 3 fully saturated rings. The minimum absolute atomic E-state index is 0.0226. The molecule has 30 heavy (non-hydrogen) atoms. The molecular formula is C23H30N2O5. The van der Waals surface area contributed by atoms with Gasteiger partial charge in [0, 0.05) is 23.5 Å². The van der Waals surface area contributed by atoms with Crippen LogP contribution < -0.4 is 5.73 Å². The number of allylic oxidation sites excluding steroid dienone is 2. The Hall–Kier alpha value is -2.15. The summed E-state index contributed by atoms with van der Waals surface area (Å²) in [5, 5.41) is 2.67. The summed E-state index contributed by atoms with van der Waals surface area (Å²) in [4.78, 5) is 49.4. The van der Waals surface area contributed by atoms with E-state index < -0.39 is 29.0 Å². The number of carbonyl (C=O) groups is 3. The Kier molecular flexibility index (Phi) is 4.52.